The van der Waals surface area contributed by atoms with Crippen LogP contribution in [0.15, 0.2) is 0 Å². The fourth-order valence-corrected chi connectivity index (χ4v) is 3.50. The first kappa shape index (κ1) is 16.4. The molecule has 7 nitrogen and oxygen atoms in total. The highest BCUT2D eigenvalue weighted by atomic mass is 32.2. The number of ether oxygens (including phenoxy) is 1. The number of carbonyl (C=O) groups excluding carboxylic acids is 1. The second kappa shape index (κ2) is 7.18. The highest BCUT2D eigenvalue weighted by Gasteiger charge is 2.31. The number of piperidine rings is 1. The minimum absolute atomic E-state index is 0.0650. The van der Waals surface area contributed by atoms with E-state index < -0.39 is 16.2 Å². The third-order valence-electron chi connectivity index (χ3n) is 3.37. The molecule has 1 rings (SSSR count). The zero-order valence-electron chi connectivity index (χ0n) is 11.8. The Labute approximate surface area is 115 Å². The Morgan fingerprint density at radius 2 is 2.21 bits per heavy atom. The summed E-state index contributed by atoms with van der Waals surface area (Å²) in [6.07, 6.45) is 1.89. The predicted octanol–water partition coefficient (Wildman–Crippen LogP) is -0.590. The molecule has 1 unspecified atom stereocenters. The summed E-state index contributed by atoms with van der Waals surface area (Å²) in [5.41, 5.74) is 0. The van der Waals surface area contributed by atoms with E-state index in [0.29, 0.717) is 13.1 Å². The summed E-state index contributed by atoms with van der Waals surface area (Å²) in [4.78, 5) is 11.1. The number of nitrogens with one attached hydrogen (secondary N) is 1. The standard InChI is InChI=1S/C11H23N3O4S/c1-12-10-5-4-7-14(9-10)19(16,17)13(2)8-6-11(15)18-3/h10,12H,4-9H2,1-3H3. The molecule has 1 fully saturated rings. The van der Waals surface area contributed by atoms with Gasteiger partial charge >= 0.3 is 5.97 Å². The summed E-state index contributed by atoms with van der Waals surface area (Å²) >= 11 is 0. The quantitative estimate of drug-likeness (QED) is 0.662. The molecule has 0 bridgehead atoms. The van der Waals surface area contributed by atoms with Crippen molar-refractivity contribution in [1.82, 2.24) is 13.9 Å². The van der Waals surface area contributed by atoms with Gasteiger partial charge in [0.25, 0.3) is 10.2 Å². The molecule has 0 aromatic heterocycles. The molecule has 0 aliphatic carbocycles. The van der Waals surface area contributed by atoms with Crippen LogP contribution in [-0.2, 0) is 19.7 Å². The van der Waals surface area contributed by atoms with Gasteiger partial charge in [0, 0.05) is 32.7 Å². The van der Waals surface area contributed by atoms with E-state index in [9.17, 15) is 13.2 Å². The van der Waals surface area contributed by atoms with Crippen molar-refractivity contribution in [2.75, 3.05) is 40.8 Å². The molecule has 8 heteroatoms. The lowest BCUT2D eigenvalue weighted by atomic mass is 10.1. The Morgan fingerprint density at radius 1 is 1.53 bits per heavy atom. The summed E-state index contributed by atoms with van der Waals surface area (Å²) in [5.74, 6) is -0.409. The van der Waals surface area contributed by atoms with Crippen molar-refractivity contribution in [3.63, 3.8) is 0 Å². The Bertz CT molecular complexity index is 399. The van der Waals surface area contributed by atoms with E-state index in [0.717, 1.165) is 12.8 Å². The molecule has 1 aliphatic rings. The van der Waals surface area contributed by atoms with Crippen LogP contribution in [0.2, 0.25) is 0 Å². The van der Waals surface area contributed by atoms with E-state index in [-0.39, 0.29) is 19.0 Å². The molecule has 0 amide bonds. The molecule has 1 aliphatic heterocycles. The van der Waals surface area contributed by atoms with Crippen molar-refractivity contribution in [3.8, 4) is 0 Å². The van der Waals surface area contributed by atoms with Gasteiger partial charge in [0.1, 0.15) is 0 Å². The van der Waals surface area contributed by atoms with Gasteiger partial charge in [0.15, 0.2) is 0 Å². The van der Waals surface area contributed by atoms with Gasteiger partial charge in [-0.2, -0.15) is 17.0 Å². The number of esters is 1. The van der Waals surface area contributed by atoms with Crippen LogP contribution in [0.3, 0.4) is 0 Å². The van der Waals surface area contributed by atoms with Crippen molar-refractivity contribution in [1.29, 1.82) is 0 Å². The first-order valence-corrected chi connectivity index (χ1v) is 7.77. The molecular formula is C11H23N3O4S. The summed E-state index contributed by atoms with van der Waals surface area (Å²) in [5, 5.41) is 3.11. The summed E-state index contributed by atoms with van der Waals surface area (Å²) in [6.45, 7) is 1.14. The van der Waals surface area contributed by atoms with Gasteiger partial charge in [0.2, 0.25) is 0 Å². The fraction of sp³-hybridized carbons (Fsp3) is 0.909. The highest BCUT2D eigenvalue weighted by Crippen LogP contribution is 2.16. The van der Waals surface area contributed by atoms with Gasteiger partial charge < -0.3 is 10.1 Å². The zero-order valence-corrected chi connectivity index (χ0v) is 12.6. The molecule has 0 radical (unpaired) electrons. The SMILES string of the molecule is CNC1CCCN(S(=O)(=O)N(C)CCC(=O)OC)C1. The van der Waals surface area contributed by atoms with Crippen LogP contribution in [-0.4, -0.2) is 69.9 Å². The maximum absolute atomic E-state index is 12.3. The molecule has 1 saturated heterocycles. The smallest absolute Gasteiger partial charge is 0.306 e. The average Bonchev–Trinajstić information content (AvgIpc) is 2.44. The van der Waals surface area contributed by atoms with Crippen LogP contribution >= 0.6 is 0 Å². The lowest BCUT2D eigenvalue weighted by Crippen LogP contribution is -2.51. The van der Waals surface area contributed by atoms with Crippen LogP contribution in [0.4, 0.5) is 0 Å². The first-order valence-electron chi connectivity index (χ1n) is 6.37. The summed E-state index contributed by atoms with van der Waals surface area (Å²) < 4.78 is 31.8. The van der Waals surface area contributed by atoms with Crippen molar-refractivity contribution in [3.05, 3.63) is 0 Å². The van der Waals surface area contributed by atoms with Gasteiger partial charge in [-0.3, -0.25) is 4.79 Å². The normalized spacial score (nSPS) is 21.6. The maximum Gasteiger partial charge on any atom is 0.306 e. The highest BCUT2D eigenvalue weighted by molar-refractivity contribution is 7.86. The number of methoxy groups -OCH3 is 1. The van der Waals surface area contributed by atoms with Gasteiger partial charge in [-0.05, 0) is 19.9 Å². The van der Waals surface area contributed by atoms with Gasteiger partial charge in [0.05, 0.1) is 13.5 Å². The van der Waals surface area contributed by atoms with Crippen LogP contribution in [0.5, 0.6) is 0 Å². The fourth-order valence-electron chi connectivity index (χ4n) is 2.05. The van der Waals surface area contributed by atoms with E-state index in [4.69, 9.17) is 0 Å². The summed E-state index contributed by atoms with van der Waals surface area (Å²) in [7, 11) is 1.12. The molecule has 0 aromatic rings. The molecule has 112 valence electrons. The Hall–Kier alpha value is -0.700. The van der Waals surface area contributed by atoms with E-state index >= 15 is 0 Å². The van der Waals surface area contributed by atoms with Gasteiger partial charge in [-0.1, -0.05) is 0 Å². The zero-order chi connectivity index (χ0) is 14.5. The average molecular weight is 293 g/mol. The Morgan fingerprint density at radius 3 is 2.79 bits per heavy atom. The minimum Gasteiger partial charge on any atom is -0.469 e. The van der Waals surface area contributed by atoms with Crippen LogP contribution in [0.1, 0.15) is 19.3 Å². The van der Waals surface area contributed by atoms with E-state index in [2.05, 4.69) is 10.1 Å². The van der Waals surface area contributed by atoms with Crippen LogP contribution in [0, 0.1) is 0 Å². The molecule has 0 spiro atoms. The third kappa shape index (κ3) is 4.41. The molecule has 19 heavy (non-hydrogen) atoms. The van der Waals surface area contributed by atoms with Crippen molar-refractivity contribution in [2.24, 2.45) is 0 Å². The van der Waals surface area contributed by atoms with E-state index in [1.807, 2.05) is 7.05 Å². The van der Waals surface area contributed by atoms with E-state index in [1.54, 1.807) is 0 Å². The van der Waals surface area contributed by atoms with Gasteiger partial charge in [-0.15, -0.1) is 0 Å². The number of carbonyl (C=O) groups is 1. The van der Waals surface area contributed by atoms with Gasteiger partial charge in [-0.25, -0.2) is 0 Å². The molecule has 1 heterocycles. The number of nitrogens with zero attached hydrogens (tertiary/aromatic N) is 2. The molecule has 1 N–H and O–H groups in total. The number of likely N-dealkylation sites (N-methyl/N-ethyl adjacent to an activating group) is 1. The monoisotopic (exact) mass is 293 g/mol. The second-order valence-electron chi connectivity index (χ2n) is 4.64. The lowest BCUT2D eigenvalue weighted by Gasteiger charge is -2.34. The molecule has 0 aromatic carbocycles. The van der Waals surface area contributed by atoms with Crippen LogP contribution in [0.25, 0.3) is 0 Å². The van der Waals surface area contributed by atoms with E-state index in [1.165, 1.54) is 22.8 Å². The number of rotatable bonds is 6. The number of hydrogen-bond acceptors (Lipinski definition) is 5. The number of hydrogen-bond donors (Lipinski definition) is 1. The maximum atomic E-state index is 12.3. The minimum atomic E-state index is -3.49. The summed E-state index contributed by atoms with van der Waals surface area (Å²) in [6, 6.07) is 0.192. The predicted molar refractivity (Wildman–Crippen MR) is 71.8 cm³/mol. The first-order chi connectivity index (χ1) is 8.91. The second-order valence-corrected chi connectivity index (χ2v) is 6.68. The van der Waals surface area contributed by atoms with Crippen LogP contribution < -0.4 is 5.32 Å². The van der Waals surface area contributed by atoms with Crippen molar-refractivity contribution in [2.45, 2.75) is 25.3 Å². The topological polar surface area (TPSA) is 79.0 Å². The Kier molecular flexibility index (Phi) is 6.18. The van der Waals surface area contributed by atoms with Crippen molar-refractivity contribution < 1.29 is 17.9 Å². The molecule has 1 atom stereocenters. The molecule has 0 saturated carbocycles. The third-order valence-corrected chi connectivity index (χ3v) is 5.33. The lowest BCUT2D eigenvalue weighted by molar-refractivity contribution is -0.140. The largest absolute Gasteiger partial charge is 0.469 e. The molecular weight excluding hydrogens is 270 g/mol. The Balaban J connectivity index is 2.60. The van der Waals surface area contributed by atoms with Crippen molar-refractivity contribution >= 4 is 16.2 Å².